The summed E-state index contributed by atoms with van der Waals surface area (Å²) in [6.07, 6.45) is 0. The van der Waals surface area contributed by atoms with Crippen molar-refractivity contribution in [3.8, 4) is 0 Å². The third kappa shape index (κ3) is 6.45. The van der Waals surface area contributed by atoms with Crippen LogP contribution in [-0.4, -0.2) is 60.9 Å². The fourth-order valence-electron chi connectivity index (χ4n) is 3.61. The Hall–Kier alpha value is -2.09. The lowest BCUT2D eigenvalue weighted by atomic mass is 9.91. The van der Waals surface area contributed by atoms with Gasteiger partial charge in [-0.25, -0.2) is 0 Å². The molecule has 2 aromatic carbocycles. The lowest BCUT2D eigenvalue weighted by molar-refractivity contribution is -0.130. The number of hydrogen-bond acceptors (Lipinski definition) is 2. The van der Waals surface area contributed by atoms with Gasteiger partial charge in [-0.15, -0.1) is 24.0 Å². The number of rotatable bonds is 5. The minimum Gasteiger partial charge on any atom is -0.357 e. The van der Waals surface area contributed by atoms with Crippen LogP contribution < -0.4 is 5.32 Å². The Balaban J connectivity index is 0.00000300. The third-order valence-electron chi connectivity index (χ3n) is 5.19. The first-order valence-electron chi connectivity index (χ1n) is 10.1. The first kappa shape index (κ1) is 23.2. The lowest BCUT2D eigenvalue weighted by Crippen LogP contribution is -2.53. The summed E-state index contributed by atoms with van der Waals surface area (Å²) < 4.78 is 0. The van der Waals surface area contributed by atoms with Crippen molar-refractivity contribution in [3.05, 3.63) is 71.8 Å². The van der Waals surface area contributed by atoms with Crippen LogP contribution in [0.3, 0.4) is 0 Å². The van der Waals surface area contributed by atoms with Crippen LogP contribution in [0.15, 0.2) is 65.7 Å². The molecule has 1 fully saturated rings. The largest absolute Gasteiger partial charge is 0.357 e. The van der Waals surface area contributed by atoms with E-state index in [-0.39, 0.29) is 35.8 Å². The summed E-state index contributed by atoms with van der Waals surface area (Å²) in [7, 11) is 0. The van der Waals surface area contributed by atoms with E-state index in [1.165, 1.54) is 11.1 Å². The molecule has 29 heavy (non-hydrogen) atoms. The second-order valence-electron chi connectivity index (χ2n) is 7.06. The average Bonchev–Trinajstić information content (AvgIpc) is 2.75. The summed E-state index contributed by atoms with van der Waals surface area (Å²) in [6.45, 7) is 8.36. The maximum Gasteiger partial charge on any atom is 0.219 e. The quantitative estimate of drug-likeness (QED) is 0.384. The Bertz CT molecular complexity index is 734. The van der Waals surface area contributed by atoms with Gasteiger partial charge in [0.05, 0.1) is 6.54 Å². The molecule has 6 heteroatoms. The van der Waals surface area contributed by atoms with E-state index in [1.807, 2.05) is 17.0 Å². The Morgan fingerprint density at radius 2 is 1.41 bits per heavy atom. The number of benzene rings is 2. The van der Waals surface area contributed by atoms with Gasteiger partial charge in [-0.3, -0.25) is 9.79 Å². The van der Waals surface area contributed by atoms with Crippen LogP contribution in [0.1, 0.15) is 30.9 Å². The van der Waals surface area contributed by atoms with Gasteiger partial charge in [-0.05, 0) is 18.1 Å². The summed E-state index contributed by atoms with van der Waals surface area (Å²) in [5.74, 6) is 1.30. The van der Waals surface area contributed by atoms with Crippen LogP contribution >= 0.6 is 24.0 Å². The number of nitrogens with one attached hydrogen (secondary N) is 1. The van der Waals surface area contributed by atoms with E-state index in [4.69, 9.17) is 4.99 Å². The summed E-state index contributed by atoms with van der Waals surface area (Å²) in [5.41, 5.74) is 2.55. The molecule has 5 nitrogen and oxygen atoms in total. The van der Waals surface area contributed by atoms with Gasteiger partial charge in [0.15, 0.2) is 5.96 Å². The monoisotopic (exact) mass is 506 g/mol. The van der Waals surface area contributed by atoms with Crippen LogP contribution in [0, 0.1) is 0 Å². The number of aliphatic imine (C=N–C) groups is 1. The topological polar surface area (TPSA) is 47.9 Å². The fourth-order valence-corrected chi connectivity index (χ4v) is 3.61. The molecule has 2 aromatic rings. The van der Waals surface area contributed by atoms with E-state index in [9.17, 15) is 4.79 Å². The molecule has 1 aliphatic heterocycles. The van der Waals surface area contributed by atoms with Gasteiger partial charge in [0.25, 0.3) is 0 Å². The molecule has 0 aliphatic carbocycles. The maximum atomic E-state index is 11.6. The predicted molar refractivity (Wildman–Crippen MR) is 130 cm³/mol. The summed E-state index contributed by atoms with van der Waals surface area (Å²) >= 11 is 0. The van der Waals surface area contributed by atoms with Crippen LogP contribution in [0.5, 0.6) is 0 Å². The summed E-state index contributed by atoms with van der Waals surface area (Å²) in [5, 5.41) is 3.43. The number of piperazine rings is 1. The highest BCUT2D eigenvalue weighted by Gasteiger charge is 2.21. The highest BCUT2D eigenvalue weighted by Crippen LogP contribution is 2.25. The van der Waals surface area contributed by atoms with Gasteiger partial charge in [0.2, 0.25) is 5.91 Å². The SMILES string of the molecule is CCNC(=NCC(c1ccccc1)c1ccccc1)N1CCN(C(C)=O)CC1.I. The van der Waals surface area contributed by atoms with Crippen LogP contribution in [-0.2, 0) is 4.79 Å². The Kier molecular flexibility index (Phi) is 9.44. The average molecular weight is 506 g/mol. The first-order valence-corrected chi connectivity index (χ1v) is 10.1. The molecule has 0 atom stereocenters. The Labute approximate surface area is 191 Å². The van der Waals surface area contributed by atoms with E-state index < -0.39 is 0 Å². The second-order valence-corrected chi connectivity index (χ2v) is 7.06. The van der Waals surface area contributed by atoms with E-state index in [0.717, 1.165) is 38.7 Å². The van der Waals surface area contributed by atoms with Crippen molar-refractivity contribution in [2.45, 2.75) is 19.8 Å². The number of hydrogen-bond donors (Lipinski definition) is 1. The molecular formula is C23H31IN4O. The number of guanidine groups is 1. The smallest absolute Gasteiger partial charge is 0.219 e. The minimum absolute atomic E-state index is 0. The summed E-state index contributed by atoms with van der Waals surface area (Å²) in [4.78, 5) is 20.7. The maximum absolute atomic E-state index is 11.6. The molecule has 0 aromatic heterocycles. The number of carbonyl (C=O) groups is 1. The van der Waals surface area contributed by atoms with E-state index in [2.05, 4.69) is 65.7 Å². The number of amides is 1. The number of carbonyl (C=O) groups excluding carboxylic acids is 1. The van der Waals surface area contributed by atoms with Gasteiger partial charge >= 0.3 is 0 Å². The standard InChI is InChI=1S/C23H30N4O.HI/c1-3-24-23(27-16-14-26(15-17-27)19(2)28)25-18-22(20-10-6-4-7-11-20)21-12-8-5-9-13-21;/h4-13,22H,3,14-18H2,1-2H3,(H,24,25);1H. The van der Waals surface area contributed by atoms with Crippen molar-refractivity contribution in [3.63, 3.8) is 0 Å². The van der Waals surface area contributed by atoms with E-state index in [0.29, 0.717) is 6.54 Å². The van der Waals surface area contributed by atoms with Crippen molar-refractivity contribution in [2.75, 3.05) is 39.3 Å². The highest BCUT2D eigenvalue weighted by atomic mass is 127. The molecule has 1 aliphatic rings. The lowest BCUT2D eigenvalue weighted by Gasteiger charge is -2.36. The van der Waals surface area contributed by atoms with E-state index in [1.54, 1.807) is 6.92 Å². The molecular weight excluding hydrogens is 475 g/mol. The van der Waals surface area contributed by atoms with Gasteiger partial charge < -0.3 is 15.1 Å². The minimum atomic E-state index is 0. The fraction of sp³-hybridized carbons (Fsp3) is 0.391. The van der Waals surface area contributed by atoms with Crippen molar-refractivity contribution in [1.82, 2.24) is 15.1 Å². The molecule has 0 bridgehead atoms. The van der Waals surface area contributed by atoms with Crippen molar-refractivity contribution in [1.29, 1.82) is 0 Å². The van der Waals surface area contributed by atoms with Crippen LogP contribution in [0.4, 0.5) is 0 Å². The van der Waals surface area contributed by atoms with Gasteiger partial charge in [0, 0.05) is 45.6 Å². The van der Waals surface area contributed by atoms with Crippen molar-refractivity contribution >= 4 is 35.8 Å². The third-order valence-corrected chi connectivity index (χ3v) is 5.19. The normalized spacial score (nSPS) is 14.5. The number of nitrogens with zero attached hydrogens (tertiary/aromatic N) is 3. The van der Waals surface area contributed by atoms with Gasteiger partial charge in [-0.1, -0.05) is 60.7 Å². The highest BCUT2D eigenvalue weighted by molar-refractivity contribution is 14.0. The van der Waals surface area contributed by atoms with Crippen molar-refractivity contribution < 1.29 is 4.79 Å². The molecule has 1 saturated heterocycles. The number of halogens is 1. The molecule has 3 rings (SSSR count). The Morgan fingerprint density at radius 1 is 0.931 bits per heavy atom. The Morgan fingerprint density at radius 3 is 1.86 bits per heavy atom. The molecule has 0 saturated carbocycles. The molecule has 1 heterocycles. The zero-order chi connectivity index (χ0) is 19.8. The van der Waals surface area contributed by atoms with Crippen LogP contribution in [0.2, 0.25) is 0 Å². The van der Waals surface area contributed by atoms with Crippen molar-refractivity contribution in [2.24, 2.45) is 4.99 Å². The zero-order valence-electron chi connectivity index (χ0n) is 17.3. The molecule has 156 valence electrons. The molecule has 1 N–H and O–H groups in total. The molecule has 0 spiro atoms. The first-order chi connectivity index (χ1) is 13.7. The molecule has 1 amide bonds. The predicted octanol–water partition coefficient (Wildman–Crippen LogP) is 3.57. The zero-order valence-corrected chi connectivity index (χ0v) is 19.6. The second kappa shape index (κ2) is 11.8. The summed E-state index contributed by atoms with van der Waals surface area (Å²) in [6, 6.07) is 21.1. The van der Waals surface area contributed by atoms with Gasteiger partial charge in [0.1, 0.15) is 0 Å². The van der Waals surface area contributed by atoms with Gasteiger partial charge in [-0.2, -0.15) is 0 Å². The van der Waals surface area contributed by atoms with E-state index >= 15 is 0 Å². The molecule has 0 radical (unpaired) electrons. The van der Waals surface area contributed by atoms with Crippen LogP contribution in [0.25, 0.3) is 0 Å². The molecule has 0 unspecified atom stereocenters.